The Labute approximate surface area is 381 Å². The summed E-state index contributed by atoms with van der Waals surface area (Å²) >= 11 is 0. The third kappa shape index (κ3) is 4.71. The predicted octanol–water partition coefficient (Wildman–Crippen LogP) is 16.7. The number of benzene rings is 10. The number of aromatic nitrogens is 3. The summed E-state index contributed by atoms with van der Waals surface area (Å²) in [4.78, 5) is 0. The number of fused-ring (bicyclic) bond motifs is 15. The van der Waals surface area contributed by atoms with E-state index in [2.05, 4.69) is 240 Å². The van der Waals surface area contributed by atoms with Crippen molar-refractivity contribution < 1.29 is 0 Å². The summed E-state index contributed by atoms with van der Waals surface area (Å²) < 4.78 is 7.32. The molecule has 4 heterocycles. The number of rotatable bonds is 4. The smallest absolute Gasteiger partial charge is 0.0620 e. The average molecular weight is 840 g/mol. The van der Waals surface area contributed by atoms with Crippen LogP contribution in [0, 0.1) is 0 Å². The van der Waals surface area contributed by atoms with Crippen LogP contribution >= 0.6 is 0 Å². The standard InChI is InChI=1S/C63H41N3/c1-63(2)54-36-40(41-34-52-48-18-8-12-22-58(48)66-59-23-13-9-19-49(59)53(35-41)62(52)66)24-28-44(54)45-29-27-43(37-55(45)63)65-57-21-11-7-17-47(57)51-33-39(26-31-61(51)65)38-25-30-60-50(32-38)46-16-6-10-20-56(46)64(60)42-14-4-3-5-15-42/h3-37H,1-2H3. The van der Waals surface area contributed by atoms with Crippen LogP contribution < -0.4 is 0 Å². The Balaban J connectivity index is 0.842. The van der Waals surface area contributed by atoms with Gasteiger partial charge in [-0.15, -0.1) is 0 Å². The molecule has 10 aromatic carbocycles. The van der Waals surface area contributed by atoms with Gasteiger partial charge in [-0.25, -0.2) is 0 Å². The molecule has 15 rings (SSSR count). The van der Waals surface area contributed by atoms with Crippen molar-refractivity contribution in [2.24, 2.45) is 0 Å². The van der Waals surface area contributed by atoms with Crippen molar-refractivity contribution in [3.8, 4) is 44.8 Å². The molecule has 0 radical (unpaired) electrons. The highest BCUT2D eigenvalue weighted by Gasteiger charge is 2.36. The maximum absolute atomic E-state index is 2.47. The van der Waals surface area contributed by atoms with Gasteiger partial charge in [0.25, 0.3) is 0 Å². The summed E-state index contributed by atoms with van der Waals surface area (Å²) in [5, 5.41) is 10.3. The van der Waals surface area contributed by atoms with Crippen LogP contribution in [0.3, 0.4) is 0 Å². The molecule has 0 fully saturated rings. The zero-order valence-electron chi connectivity index (χ0n) is 36.5. The molecule has 3 heteroatoms. The molecule has 3 nitrogen and oxygen atoms in total. The molecule has 0 amide bonds. The summed E-state index contributed by atoms with van der Waals surface area (Å²) in [5.41, 5.74) is 21.2. The van der Waals surface area contributed by atoms with Crippen molar-refractivity contribution in [3.63, 3.8) is 0 Å². The molecular formula is C63H41N3. The zero-order chi connectivity index (χ0) is 43.4. The highest BCUT2D eigenvalue weighted by molar-refractivity contribution is 6.24. The maximum Gasteiger partial charge on any atom is 0.0620 e. The molecule has 4 aromatic heterocycles. The second-order valence-corrected chi connectivity index (χ2v) is 18.9. The first kappa shape index (κ1) is 36.0. The predicted molar refractivity (Wildman–Crippen MR) is 278 cm³/mol. The van der Waals surface area contributed by atoms with Crippen LogP contribution in [0.15, 0.2) is 212 Å². The highest BCUT2D eigenvalue weighted by atomic mass is 15.0. The summed E-state index contributed by atoms with van der Waals surface area (Å²) in [6, 6.07) is 79.3. The van der Waals surface area contributed by atoms with Crippen molar-refractivity contribution >= 4 is 81.7 Å². The van der Waals surface area contributed by atoms with Gasteiger partial charge in [0.05, 0.1) is 38.6 Å². The molecule has 0 N–H and O–H groups in total. The van der Waals surface area contributed by atoms with E-state index in [0.717, 1.165) is 0 Å². The molecule has 1 aliphatic carbocycles. The Morgan fingerprint density at radius 1 is 0.288 bits per heavy atom. The highest BCUT2D eigenvalue weighted by Crippen LogP contribution is 2.51. The molecule has 66 heavy (non-hydrogen) atoms. The monoisotopic (exact) mass is 839 g/mol. The van der Waals surface area contributed by atoms with E-state index in [0.29, 0.717) is 0 Å². The third-order valence-corrected chi connectivity index (χ3v) is 15.1. The quantitative estimate of drug-likeness (QED) is 0.168. The van der Waals surface area contributed by atoms with Crippen molar-refractivity contribution in [2.45, 2.75) is 19.3 Å². The van der Waals surface area contributed by atoms with Gasteiger partial charge in [0.2, 0.25) is 0 Å². The van der Waals surface area contributed by atoms with Crippen LogP contribution in [-0.2, 0) is 5.41 Å². The topological polar surface area (TPSA) is 14.3 Å². The largest absolute Gasteiger partial charge is 0.309 e. The molecule has 0 saturated carbocycles. The van der Waals surface area contributed by atoms with Gasteiger partial charge >= 0.3 is 0 Å². The lowest BCUT2D eigenvalue weighted by molar-refractivity contribution is 0.660. The normalized spacial score (nSPS) is 13.4. The van der Waals surface area contributed by atoms with E-state index in [1.54, 1.807) is 0 Å². The van der Waals surface area contributed by atoms with E-state index in [4.69, 9.17) is 0 Å². The van der Waals surface area contributed by atoms with Crippen LogP contribution in [0.25, 0.3) is 126 Å². The summed E-state index contributed by atoms with van der Waals surface area (Å²) in [6.07, 6.45) is 0. The van der Waals surface area contributed by atoms with Crippen LogP contribution in [0.5, 0.6) is 0 Å². The number of hydrogen-bond donors (Lipinski definition) is 0. The van der Waals surface area contributed by atoms with E-state index in [1.165, 1.54) is 138 Å². The van der Waals surface area contributed by atoms with Gasteiger partial charge in [-0.3, -0.25) is 0 Å². The summed E-state index contributed by atoms with van der Waals surface area (Å²) in [6.45, 7) is 4.81. The van der Waals surface area contributed by atoms with Gasteiger partial charge < -0.3 is 13.5 Å². The first-order valence-corrected chi connectivity index (χ1v) is 23.1. The minimum atomic E-state index is -0.200. The molecule has 0 spiro atoms. The Morgan fingerprint density at radius 3 is 1.27 bits per heavy atom. The third-order valence-electron chi connectivity index (χ3n) is 15.1. The lowest BCUT2D eigenvalue weighted by atomic mass is 9.81. The summed E-state index contributed by atoms with van der Waals surface area (Å²) in [7, 11) is 0. The Hall–Kier alpha value is -8.40. The van der Waals surface area contributed by atoms with Crippen LogP contribution in [0.2, 0.25) is 0 Å². The van der Waals surface area contributed by atoms with Gasteiger partial charge in [0.15, 0.2) is 0 Å². The van der Waals surface area contributed by atoms with E-state index in [1.807, 2.05) is 0 Å². The molecule has 0 atom stereocenters. The molecule has 0 aliphatic heterocycles. The number of nitrogens with zero attached hydrogens (tertiary/aromatic N) is 3. The molecule has 14 aromatic rings. The van der Waals surface area contributed by atoms with Gasteiger partial charge in [-0.2, -0.15) is 0 Å². The van der Waals surface area contributed by atoms with Crippen molar-refractivity contribution in [2.75, 3.05) is 0 Å². The van der Waals surface area contributed by atoms with E-state index in [9.17, 15) is 0 Å². The molecule has 0 unspecified atom stereocenters. The van der Waals surface area contributed by atoms with Crippen molar-refractivity contribution in [1.29, 1.82) is 0 Å². The number of hydrogen-bond acceptors (Lipinski definition) is 0. The maximum atomic E-state index is 2.47. The first-order valence-electron chi connectivity index (χ1n) is 23.1. The fourth-order valence-electron chi connectivity index (χ4n) is 12.1. The lowest BCUT2D eigenvalue weighted by Gasteiger charge is -2.23. The van der Waals surface area contributed by atoms with E-state index in [-0.39, 0.29) is 5.41 Å². The molecular weight excluding hydrogens is 799 g/mol. The lowest BCUT2D eigenvalue weighted by Crippen LogP contribution is -2.15. The molecule has 308 valence electrons. The van der Waals surface area contributed by atoms with Gasteiger partial charge in [-0.05, 0) is 136 Å². The molecule has 0 saturated heterocycles. The fraction of sp³-hybridized carbons (Fsp3) is 0.0476. The van der Waals surface area contributed by atoms with Crippen LogP contribution in [-0.4, -0.2) is 13.5 Å². The van der Waals surface area contributed by atoms with Gasteiger partial charge in [0, 0.05) is 59.9 Å². The summed E-state index contributed by atoms with van der Waals surface area (Å²) in [5.74, 6) is 0. The average Bonchev–Trinajstić information content (AvgIpc) is 4.14. The molecule has 1 aliphatic rings. The van der Waals surface area contributed by atoms with Crippen molar-refractivity contribution in [3.05, 3.63) is 223 Å². The fourth-order valence-corrected chi connectivity index (χ4v) is 12.1. The van der Waals surface area contributed by atoms with Gasteiger partial charge in [0.1, 0.15) is 0 Å². The SMILES string of the molecule is CC1(C)c2cc(-c3cc4c5ccccc5n5c6ccccc6c(c3)c45)ccc2-c2ccc(-n3c4ccccc4c4cc(-c5ccc6c(c5)c5ccccc5n6-c5ccccc5)ccc43)cc21. The first-order chi connectivity index (χ1) is 32.5. The van der Waals surface area contributed by atoms with Crippen molar-refractivity contribution in [1.82, 2.24) is 13.5 Å². The minimum absolute atomic E-state index is 0.200. The Bertz CT molecular complexity index is 4280. The van der Waals surface area contributed by atoms with Gasteiger partial charge in [-0.1, -0.05) is 135 Å². The van der Waals surface area contributed by atoms with Crippen LogP contribution in [0.1, 0.15) is 25.0 Å². The van der Waals surface area contributed by atoms with E-state index < -0.39 is 0 Å². The second-order valence-electron chi connectivity index (χ2n) is 18.9. The second kappa shape index (κ2) is 12.9. The molecule has 0 bridgehead atoms. The Morgan fingerprint density at radius 2 is 0.697 bits per heavy atom. The number of para-hydroxylation sites is 5. The zero-order valence-corrected chi connectivity index (χ0v) is 36.5. The minimum Gasteiger partial charge on any atom is -0.309 e. The van der Waals surface area contributed by atoms with Crippen LogP contribution in [0.4, 0.5) is 0 Å². The van der Waals surface area contributed by atoms with E-state index >= 15 is 0 Å². The Kier molecular flexibility index (Phi) is 7.02.